The Morgan fingerprint density at radius 2 is 1.71 bits per heavy atom. The van der Waals surface area contributed by atoms with E-state index in [1.165, 1.54) is 41.1 Å². The monoisotopic (exact) mass is 390 g/mol. The van der Waals surface area contributed by atoms with E-state index in [1.807, 2.05) is 0 Å². The quantitative estimate of drug-likeness (QED) is 0.358. The Morgan fingerprint density at radius 1 is 1.04 bits per heavy atom. The van der Waals surface area contributed by atoms with Gasteiger partial charge in [-0.3, -0.25) is 4.57 Å². The fraction of sp³-hybridized carbons (Fsp3) is 0.100. The molecule has 0 saturated carbocycles. The first-order chi connectivity index (χ1) is 13.4. The lowest BCUT2D eigenvalue weighted by Crippen LogP contribution is -2.12. The van der Waals surface area contributed by atoms with Gasteiger partial charge in [0, 0.05) is 11.3 Å². The van der Waals surface area contributed by atoms with Crippen molar-refractivity contribution < 1.29 is 27.1 Å². The summed E-state index contributed by atoms with van der Waals surface area (Å²) in [7, 11) is 0. The second-order valence-corrected chi connectivity index (χ2v) is 5.62. The Kier molecular flexibility index (Phi) is 5.58. The van der Waals surface area contributed by atoms with E-state index in [-0.39, 0.29) is 18.1 Å². The van der Waals surface area contributed by atoms with Gasteiger partial charge in [-0.1, -0.05) is 0 Å². The lowest BCUT2D eigenvalue weighted by Gasteiger charge is -2.10. The molecular weight excluding hydrogens is 376 g/mol. The molecule has 1 heterocycles. The van der Waals surface area contributed by atoms with E-state index in [4.69, 9.17) is 4.74 Å². The molecule has 0 aliphatic rings. The van der Waals surface area contributed by atoms with Crippen LogP contribution in [0.5, 0.6) is 0 Å². The summed E-state index contributed by atoms with van der Waals surface area (Å²) >= 11 is 0. The van der Waals surface area contributed by atoms with Crippen LogP contribution in [0, 0.1) is 23.3 Å². The Labute approximate surface area is 157 Å². The fourth-order valence-electron chi connectivity index (χ4n) is 2.55. The van der Waals surface area contributed by atoms with Crippen LogP contribution >= 0.6 is 0 Å². The van der Waals surface area contributed by atoms with Gasteiger partial charge in [0.05, 0.1) is 12.8 Å². The number of halogens is 4. The molecule has 3 rings (SSSR count). The van der Waals surface area contributed by atoms with Crippen molar-refractivity contribution in [3.63, 3.8) is 0 Å². The van der Waals surface area contributed by atoms with E-state index < -0.39 is 34.8 Å². The molecule has 144 valence electrons. The normalized spacial score (nSPS) is 11.2. The summed E-state index contributed by atoms with van der Waals surface area (Å²) in [6.45, 7) is 1.76. The van der Waals surface area contributed by atoms with Gasteiger partial charge in [0.2, 0.25) is 0 Å². The second-order valence-electron chi connectivity index (χ2n) is 5.62. The van der Waals surface area contributed by atoms with E-state index in [0.717, 1.165) is 12.1 Å². The Morgan fingerprint density at radius 3 is 2.39 bits per heavy atom. The van der Waals surface area contributed by atoms with Crippen molar-refractivity contribution in [2.75, 3.05) is 6.61 Å². The SMILES string of the molecule is CCOC(=O)c1cnc(/C=C/c2c(F)ccc(F)c2F)n1-c1ccc(F)cc1. The van der Waals surface area contributed by atoms with Crippen molar-refractivity contribution in [2.24, 2.45) is 0 Å². The topological polar surface area (TPSA) is 44.1 Å². The van der Waals surface area contributed by atoms with Crippen LogP contribution in [0.15, 0.2) is 42.6 Å². The highest BCUT2D eigenvalue weighted by molar-refractivity contribution is 5.89. The van der Waals surface area contributed by atoms with Gasteiger partial charge in [-0.05, 0) is 55.5 Å². The van der Waals surface area contributed by atoms with E-state index in [0.29, 0.717) is 11.8 Å². The van der Waals surface area contributed by atoms with Gasteiger partial charge in [0.15, 0.2) is 17.3 Å². The molecule has 1 aromatic heterocycles. The highest BCUT2D eigenvalue weighted by atomic mass is 19.2. The maximum absolute atomic E-state index is 13.9. The van der Waals surface area contributed by atoms with Crippen LogP contribution in [-0.4, -0.2) is 22.1 Å². The minimum Gasteiger partial charge on any atom is -0.461 e. The molecular formula is C20H14F4N2O2. The van der Waals surface area contributed by atoms with E-state index in [9.17, 15) is 22.4 Å². The summed E-state index contributed by atoms with van der Waals surface area (Å²) in [5.41, 5.74) is -0.179. The van der Waals surface area contributed by atoms with Crippen molar-refractivity contribution in [3.05, 3.63) is 82.9 Å². The van der Waals surface area contributed by atoms with Crippen molar-refractivity contribution in [3.8, 4) is 5.69 Å². The molecule has 0 aliphatic carbocycles. The van der Waals surface area contributed by atoms with Crippen molar-refractivity contribution in [1.82, 2.24) is 9.55 Å². The third kappa shape index (κ3) is 3.80. The summed E-state index contributed by atoms with van der Waals surface area (Å²) in [4.78, 5) is 16.3. The lowest BCUT2D eigenvalue weighted by atomic mass is 10.1. The molecule has 0 spiro atoms. The van der Waals surface area contributed by atoms with Crippen LogP contribution in [0.1, 0.15) is 28.8 Å². The number of ether oxygens (including phenoxy) is 1. The van der Waals surface area contributed by atoms with Gasteiger partial charge in [-0.2, -0.15) is 0 Å². The Hall–Kier alpha value is -3.42. The number of benzene rings is 2. The van der Waals surface area contributed by atoms with Crippen LogP contribution in [-0.2, 0) is 4.74 Å². The average Bonchev–Trinajstić information content (AvgIpc) is 3.10. The minimum absolute atomic E-state index is 0.0355. The number of aromatic nitrogens is 2. The predicted molar refractivity (Wildman–Crippen MR) is 94.7 cm³/mol. The molecule has 0 amide bonds. The molecule has 0 N–H and O–H groups in total. The summed E-state index contributed by atoms with van der Waals surface area (Å²) in [5, 5.41) is 0. The Bertz CT molecular complexity index is 1040. The number of imidazole rings is 1. The first-order valence-electron chi connectivity index (χ1n) is 8.24. The molecule has 4 nitrogen and oxygen atoms in total. The Balaban J connectivity index is 2.10. The molecule has 0 aliphatic heterocycles. The van der Waals surface area contributed by atoms with E-state index in [1.54, 1.807) is 6.92 Å². The first kappa shape index (κ1) is 19.3. The fourth-order valence-corrected chi connectivity index (χ4v) is 2.55. The maximum atomic E-state index is 13.9. The van der Waals surface area contributed by atoms with Crippen molar-refractivity contribution >= 4 is 18.1 Å². The number of hydrogen-bond acceptors (Lipinski definition) is 3. The van der Waals surface area contributed by atoms with Crippen molar-refractivity contribution in [2.45, 2.75) is 6.92 Å². The molecule has 0 atom stereocenters. The van der Waals surface area contributed by atoms with E-state index in [2.05, 4.69) is 4.98 Å². The standard InChI is InChI=1S/C20H14F4N2O2/c1-2-28-20(27)17-11-25-18(26(17)13-5-3-12(21)4-6-13)10-7-14-15(22)8-9-16(23)19(14)24/h3-11H,2H2,1H3/b10-7+. The third-order valence-corrected chi connectivity index (χ3v) is 3.84. The molecule has 0 unspecified atom stereocenters. The highest BCUT2D eigenvalue weighted by Gasteiger charge is 2.18. The number of carbonyl (C=O) groups excluding carboxylic acids is 1. The molecule has 2 aromatic carbocycles. The number of rotatable bonds is 5. The molecule has 0 fully saturated rings. The zero-order chi connectivity index (χ0) is 20.3. The molecule has 3 aromatic rings. The van der Waals surface area contributed by atoms with Crippen LogP contribution in [0.3, 0.4) is 0 Å². The molecule has 28 heavy (non-hydrogen) atoms. The number of hydrogen-bond donors (Lipinski definition) is 0. The van der Waals surface area contributed by atoms with E-state index >= 15 is 0 Å². The number of esters is 1. The van der Waals surface area contributed by atoms with Gasteiger partial charge in [0.1, 0.15) is 17.5 Å². The van der Waals surface area contributed by atoms with Crippen LogP contribution in [0.2, 0.25) is 0 Å². The predicted octanol–water partition coefficient (Wildman–Crippen LogP) is 4.78. The smallest absolute Gasteiger partial charge is 0.356 e. The molecule has 0 saturated heterocycles. The van der Waals surface area contributed by atoms with Crippen LogP contribution in [0.25, 0.3) is 17.8 Å². The van der Waals surface area contributed by atoms with Crippen LogP contribution < -0.4 is 0 Å². The van der Waals surface area contributed by atoms with Gasteiger partial charge in [0.25, 0.3) is 0 Å². The summed E-state index contributed by atoms with van der Waals surface area (Å²) in [6, 6.07) is 6.66. The second kappa shape index (κ2) is 8.08. The summed E-state index contributed by atoms with van der Waals surface area (Å²) < 4.78 is 60.6. The third-order valence-electron chi connectivity index (χ3n) is 3.84. The zero-order valence-corrected chi connectivity index (χ0v) is 14.6. The molecule has 0 radical (unpaired) electrons. The molecule has 0 bridgehead atoms. The van der Waals surface area contributed by atoms with Gasteiger partial charge in [-0.25, -0.2) is 27.3 Å². The maximum Gasteiger partial charge on any atom is 0.356 e. The molecule has 8 heteroatoms. The number of carbonyl (C=O) groups is 1. The lowest BCUT2D eigenvalue weighted by molar-refractivity contribution is 0.0517. The zero-order valence-electron chi connectivity index (χ0n) is 14.6. The van der Waals surface area contributed by atoms with Crippen LogP contribution in [0.4, 0.5) is 17.6 Å². The average molecular weight is 390 g/mol. The van der Waals surface area contributed by atoms with Crippen molar-refractivity contribution in [1.29, 1.82) is 0 Å². The highest BCUT2D eigenvalue weighted by Crippen LogP contribution is 2.21. The number of nitrogens with zero attached hydrogens (tertiary/aromatic N) is 2. The summed E-state index contributed by atoms with van der Waals surface area (Å²) in [5.74, 6) is -4.56. The first-order valence-corrected chi connectivity index (χ1v) is 8.24. The van der Waals surface area contributed by atoms with Gasteiger partial charge >= 0.3 is 5.97 Å². The summed E-state index contributed by atoms with van der Waals surface area (Å²) in [6.07, 6.45) is 3.44. The minimum atomic E-state index is -1.35. The largest absolute Gasteiger partial charge is 0.461 e. The van der Waals surface area contributed by atoms with Gasteiger partial charge < -0.3 is 4.74 Å². The van der Waals surface area contributed by atoms with Gasteiger partial charge in [-0.15, -0.1) is 0 Å².